The Hall–Kier alpha value is 0.310. The minimum atomic E-state index is 0.0718. The lowest BCUT2D eigenvalue weighted by Crippen LogP contribution is -1.99. The third kappa shape index (κ3) is 4.31. The molecular formula is C4H9OS. The van der Waals surface area contributed by atoms with Crippen LogP contribution in [-0.4, -0.2) is 12.0 Å². The van der Waals surface area contributed by atoms with Crippen LogP contribution >= 0.6 is 12.6 Å². The fraction of sp³-hybridized carbons (Fsp3) is 0.750. The molecule has 0 bridgehead atoms. The van der Waals surface area contributed by atoms with E-state index >= 15 is 0 Å². The van der Waals surface area contributed by atoms with Gasteiger partial charge in [0.05, 0.1) is 12.0 Å². The van der Waals surface area contributed by atoms with Crippen LogP contribution in [-0.2, 0) is 4.74 Å². The Kier molecular flexibility index (Phi) is 3.68. The number of hydrogen-bond donors (Lipinski definition) is 1. The van der Waals surface area contributed by atoms with Crippen molar-refractivity contribution in [2.24, 2.45) is 0 Å². The fourth-order valence-electron chi connectivity index (χ4n) is 0.127. The third-order valence-electron chi connectivity index (χ3n) is 0.359. The highest BCUT2D eigenvalue weighted by molar-refractivity contribution is 7.80. The van der Waals surface area contributed by atoms with Crippen LogP contribution in [0, 0.1) is 6.92 Å². The predicted octanol–water partition coefficient (Wildman–Crippen LogP) is 1.11. The normalized spacial score (nSPS) is 10.0. The summed E-state index contributed by atoms with van der Waals surface area (Å²) in [5.41, 5.74) is 0. The molecule has 0 aliphatic rings. The van der Waals surface area contributed by atoms with Gasteiger partial charge in [0, 0.05) is 0 Å². The molecule has 37 valence electrons. The van der Waals surface area contributed by atoms with E-state index in [4.69, 9.17) is 4.74 Å². The second-order valence-electron chi connectivity index (χ2n) is 1.11. The highest BCUT2D eigenvalue weighted by atomic mass is 32.1. The molecule has 2 heteroatoms. The second kappa shape index (κ2) is 3.50. The lowest BCUT2D eigenvalue weighted by Gasteiger charge is -1.99. The molecule has 0 saturated heterocycles. The lowest BCUT2D eigenvalue weighted by atomic mass is 10.5. The SMILES string of the molecule is [CH2]C(C)OCS. The molecule has 1 nitrogen and oxygen atoms in total. The zero-order chi connectivity index (χ0) is 4.99. The van der Waals surface area contributed by atoms with Crippen molar-refractivity contribution < 1.29 is 4.74 Å². The molecule has 0 saturated carbocycles. The van der Waals surface area contributed by atoms with Gasteiger partial charge in [0.2, 0.25) is 0 Å². The van der Waals surface area contributed by atoms with Crippen LogP contribution in [0.3, 0.4) is 0 Å². The van der Waals surface area contributed by atoms with Gasteiger partial charge in [-0.05, 0) is 13.8 Å². The summed E-state index contributed by atoms with van der Waals surface area (Å²) in [4.78, 5) is 0. The predicted molar refractivity (Wildman–Crippen MR) is 29.8 cm³/mol. The minimum absolute atomic E-state index is 0.0718. The molecule has 0 aromatic carbocycles. The number of thiol groups is 1. The van der Waals surface area contributed by atoms with E-state index in [9.17, 15) is 0 Å². The average Bonchev–Trinajstić information content (AvgIpc) is 1.35. The Morgan fingerprint density at radius 3 is 2.50 bits per heavy atom. The van der Waals surface area contributed by atoms with E-state index < -0.39 is 0 Å². The number of rotatable bonds is 2. The molecule has 0 rings (SSSR count). The average molecular weight is 105 g/mol. The molecule has 0 aliphatic carbocycles. The Balaban J connectivity index is 2.63. The summed E-state index contributed by atoms with van der Waals surface area (Å²) in [6.07, 6.45) is 0.0718. The van der Waals surface area contributed by atoms with E-state index in [-0.39, 0.29) is 6.10 Å². The second-order valence-corrected chi connectivity index (χ2v) is 1.36. The van der Waals surface area contributed by atoms with Crippen LogP contribution in [0.5, 0.6) is 0 Å². The van der Waals surface area contributed by atoms with Crippen LogP contribution in [0.1, 0.15) is 6.92 Å². The highest BCUT2D eigenvalue weighted by Crippen LogP contribution is 1.85. The van der Waals surface area contributed by atoms with Gasteiger partial charge in [-0.3, -0.25) is 0 Å². The first-order chi connectivity index (χ1) is 2.77. The van der Waals surface area contributed by atoms with Gasteiger partial charge in [-0.25, -0.2) is 0 Å². The van der Waals surface area contributed by atoms with E-state index in [1.54, 1.807) is 0 Å². The van der Waals surface area contributed by atoms with Gasteiger partial charge in [-0.1, -0.05) is 0 Å². The summed E-state index contributed by atoms with van der Waals surface area (Å²) >= 11 is 3.80. The molecule has 0 amide bonds. The van der Waals surface area contributed by atoms with Crippen molar-refractivity contribution in [3.8, 4) is 0 Å². The molecule has 0 N–H and O–H groups in total. The van der Waals surface area contributed by atoms with E-state index in [0.717, 1.165) is 0 Å². The summed E-state index contributed by atoms with van der Waals surface area (Å²) in [5, 5.41) is 0. The summed E-state index contributed by atoms with van der Waals surface area (Å²) in [5.74, 6) is 0.463. The van der Waals surface area contributed by atoms with E-state index in [1.165, 1.54) is 0 Å². The summed E-state index contributed by atoms with van der Waals surface area (Å²) in [6.45, 7) is 5.43. The Bertz CT molecular complexity index is 28.7. The maximum absolute atomic E-state index is 4.79. The van der Waals surface area contributed by atoms with Gasteiger partial charge in [-0.2, -0.15) is 12.6 Å². The van der Waals surface area contributed by atoms with Gasteiger partial charge >= 0.3 is 0 Å². The summed E-state index contributed by atoms with van der Waals surface area (Å²) in [6, 6.07) is 0. The minimum Gasteiger partial charge on any atom is -0.368 e. The monoisotopic (exact) mass is 105 g/mol. The van der Waals surface area contributed by atoms with Crippen LogP contribution in [0.25, 0.3) is 0 Å². The molecule has 0 heterocycles. The van der Waals surface area contributed by atoms with Gasteiger partial charge in [0.15, 0.2) is 0 Å². The standard InChI is InChI=1S/C4H9OS/c1-4(2)5-3-6/h4,6H,1,3H2,2H3. The summed E-state index contributed by atoms with van der Waals surface area (Å²) in [7, 11) is 0. The number of ether oxygens (including phenoxy) is 1. The Morgan fingerprint density at radius 1 is 2.00 bits per heavy atom. The van der Waals surface area contributed by atoms with E-state index in [1.807, 2.05) is 6.92 Å². The zero-order valence-corrected chi connectivity index (χ0v) is 4.74. The smallest absolute Gasteiger partial charge is 0.0896 e. The first kappa shape index (κ1) is 6.31. The van der Waals surface area contributed by atoms with Crippen molar-refractivity contribution >= 4 is 12.6 Å². The highest BCUT2D eigenvalue weighted by Gasteiger charge is 1.84. The zero-order valence-electron chi connectivity index (χ0n) is 3.85. The van der Waals surface area contributed by atoms with Crippen molar-refractivity contribution in [1.29, 1.82) is 0 Å². The van der Waals surface area contributed by atoms with Crippen molar-refractivity contribution in [3.05, 3.63) is 6.92 Å². The van der Waals surface area contributed by atoms with E-state index in [2.05, 4.69) is 19.6 Å². The summed E-state index contributed by atoms with van der Waals surface area (Å²) < 4.78 is 4.79. The quantitative estimate of drug-likeness (QED) is 0.409. The van der Waals surface area contributed by atoms with Crippen LogP contribution < -0.4 is 0 Å². The lowest BCUT2D eigenvalue weighted by molar-refractivity contribution is 0.141. The first-order valence-corrected chi connectivity index (χ1v) is 2.46. The maximum atomic E-state index is 4.79. The molecule has 1 atom stereocenters. The third-order valence-corrected chi connectivity index (χ3v) is 0.508. The maximum Gasteiger partial charge on any atom is 0.0896 e. The fourth-order valence-corrected chi connectivity index (χ4v) is 0.382. The van der Waals surface area contributed by atoms with E-state index in [0.29, 0.717) is 5.94 Å². The van der Waals surface area contributed by atoms with Crippen molar-refractivity contribution in [2.45, 2.75) is 13.0 Å². The van der Waals surface area contributed by atoms with Crippen molar-refractivity contribution in [3.63, 3.8) is 0 Å². The largest absolute Gasteiger partial charge is 0.368 e. The van der Waals surface area contributed by atoms with Gasteiger partial charge in [-0.15, -0.1) is 0 Å². The van der Waals surface area contributed by atoms with Crippen molar-refractivity contribution in [2.75, 3.05) is 5.94 Å². The van der Waals surface area contributed by atoms with Crippen LogP contribution in [0.15, 0.2) is 0 Å². The Morgan fingerprint density at radius 2 is 2.50 bits per heavy atom. The van der Waals surface area contributed by atoms with Crippen LogP contribution in [0.4, 0.5) is 0 Å². The molecule has 0 aromatic rings. The molecule has 0 spiro atoms. The Labute approximate surface area is 44.1 Å². The van der Waals surface area contributed by atoms with Gasteiger partial charge < -0.3 is 4.74 Å². The van der Waals surface area contributed by atoms with Crippen molar-refractivity contribution in [1.82, 2.24) is 0 Å². The van der Waals surface area contributed by atoms with Crippen LogP contribution in [0.2, 0.25) is 0 Å². The molecule has 1 unspecified atom stereocenters. The molecule has 0 fully saturated rings. The molecule has 1 radical (unpaired) electrons. The van der Waals surface area contributed by atoms with Gasteiger partial charge in [0.1, 0.15) is 0 Å². The molecule has 0 aliphatic heterocycles. The first-order valence-electron chi connectivity index (χ1n) is 1.83. The molecule has 6 heavy (non-hydrogen) atoms. The topological polar surface area (TPSA) is 9.23 Å². The molecule has 0 aromatic heterocycles. The number of hydrogen-bond acceptors (Lipinski definition) is 2. The molecular weight excluding hydrogens is 96.1 g/mol. The van der Waals surface area contributed by atoms with Gasteiger partial charge in [0.25, 0.3) is 0 Å².